The van der Waals surface area contributed by atoms with E-state index >= 15 is 0 Å². The molecule has 1 N–H and O–H groups in total. The van der Waals surface area contributed by atoms with Crippen LogP contribution in [0.5, 0.6) is 0 Å². The molecule has 0 spiro atoms. The van der Waals surface area contributed by atoms with Crippen LogP contribution in [-0.4, -0.2) is 72.5 Å². The van der Waals surface area contributed by atoms with Crippen LogP contribution in [-0.2, 0) is 24.9 Å². The van der Waals surface area contributed by atoms with Crippen molar-refractivity contribution in [2.45, 2.75) is 20.0 Å². The molecule has 1 amide bonds. The van der Waals surface area contributed by atoms with Crippen molar-refractivity contribution < 1.29 is 14.7 Å². The zero-order valence-electron chi connectivity index (χ0n) is 14.4. The second kappa shape index (κ2) is 7.06. The number of carbonyl (C=O) groups excluding carboxylic acids is 1. The number of aromatic nitrogens is 4. The summed E-state index contributed by atoms with van der Waals surface area (Å²) in [7, 11) is 1.93. The lowest BCUT2D eigenvalue weighted by atomic mass is 10.2. The normalized spacial score (nSPS) is 15.5. The van der Waals surface area contributed by atoms with Crippen LogP contribution in [0.15, 0.2) is 18.6 Å². The van der Waals surface area contributed by atoms with Crippen molar-refractivity contribution in [1.29, 1.82) is 0 Å². The molecule has 1 aliphatic rings. The molecule has 0 radical (unpaired) electrons. The number of aliphatic carboxylic acids is 1. The van der Waals surface area contributed by atoms with Crippen molar-refractivity contribution in [2.24, 2.45) is 7.05 Å². The highest BCUT2D eigenvalue weighted by atomic mass is 16.4. The van der Waals surface area contributed by atoms with Gasteiger partial charge in [0.25, 0.3) is 5.91 Å². The molecule has 0 unspecified atom stereocenters. The van der Waals surface area contributed by atoms with Gasteiger partial charge in [0.05, 0.1) is 18.0 Å². The third-order valence-corrected chi connectivity index (χ3v) is 4.57. The fraction of sp³-hybridized carbons (Fsp3) is 0.500. The van der Waals surface area contributed by atoms with E-state index in [1.165, 1.54) is 22.6 Å². The van der Waals surface area contributed by atoms with Crippen LogP contribution in [0.2, 0.25) is 0 Å². The Labute approximate surface area is 145 Å². The molecule has 3 heterocycles. The van der Waals surface area contributed by atoms with Gasteiger partial charge in [-0.3, -0.25) is 23.9 Å². The van der Waals surface area contributed by atoms with Gasteiger partial charge in [0, 0.05) is 57.2 Å². The molecule has 134 valence electrons. The number of rotatable bonds is 5. The summed E-state index contributed by atoms with van der Waals surface area (Å²) in [5.41, 5.74) is 2.79. The van der Waals surface area contributed by atoms with E-state index in [0.717, 1.165) is 25.3 Å². The number of carbonyl (C=O) groups is 2. The van der Waals surface area contributed by atoms with Crippen LogP contribution in [0, 0.1) is 6.92 Å². The summed E-state index contributed by atoms with van der Waals surface area (Å²) >= 11 is 0. The summed E-state index contributed by atoms with van der Waals surface area (Å²) in [6.07, 6.45) is 4.81. The van der Waals surface area contributed by atoms with E-state index in [0.29, 0.717) is 18.7 Å². The second-order valence-corrected chi connectivity index (χ2v) is 6.27. The van der Waals surface area contributed by atoms with Gasteiger partial charge in [-0.2, -0.15) is 10.2 Å². The molecule has 0 atom stereocenters. The maximum Gasteiger partial charge on any atom is 0.325 e. The molecule has 1 saturated heterocycles. The largest absolute Gasteiger partial charge is 0.480 e. The van der Waals surface area contributed by atoms with Gasteiger partial charge in [0.1, 0.15) is 6.54 Å². The van der Waals surface area contributed by atoms with Crippen LogP contribution in [0.25, 0.3) is 0 Å². The number of carboxylic acids is 1. The van der Waals surface area contributed by atoms with E-state index in [9.17, 15) is 9.59 Å². The van der Waals surface area contributed by atoms with Gasteiger partial charge >= 0.3 is 5.97 Å². The molecule has 25 heavy (non-hydrogen) atoms. The zero-order chi connectivity index (χ0) is 18.0. The Morgan fingerprint density at radius 2 is 1.88 bits per heavy atom. The zero-order valence-corrected chi connectivity index (χ0v) is 14.4. The van der Waals surface area contributed by atoms with Gasteiger partial charge in [-0.05, 0) is 6.92 Å². The third kappa shape index (κ3) is 3.87. The van der Waals surface area contributed by atoms with Gasteiger partial charge in [0.15, 0.2) is 0 Å². The molecule has 9 heteroatoms. The average molecular weight is 346 g/mol. The summed E-state index contributed by atoms with van der Waals surface area (Å²) in [6.45, 7) is 5.51. The highest BCUT2D eigenvalue weighted by Gasteiger charge is 2.23. The van der Waals surface area contributed by atoms with Gasteiger partial charge < -0.3 is 10.0 Å². The summed E-state index contributed by atoms with van der Waals surface area (Å²) in [5.74, 6) is -1.09. The highest BCUT2D eigenvalue weighted by molar-refractivity contribution is 5.93. The average Bonchev–Trinajstić information content (AvgIpc) is 3.16. The van der Waals surface area contributed by atoms with Gasteiger partial charge in [0.2, 0.25) is 0 Å². The predicted molar refractivity (Wildman–Crippen MR) is 89.0 cm³/mol. The summed E-state index contributed by atoms with van der Waals surface area (Å²) in [5, 5.41) is 17.0. The topological polar surface area (TPSA) is 96.5 Å². The molecule has 0 bridgehead atoms. The molecule has 9 nitrogen and oxygen atoms in total. The lowest BCUT2D eigenvalue weighted by Crippen LogP contribution is -2.48. The van der Waals surface area contributed by atoms with Crippen molar-refractivity contribution in [3.8, 4) is 0 Å². The number of amides is 1. The quantitative estimate of drug-likeness (QED) is 0.817. The summed E-state index contributed by atoms with van der Waals surface area (Å²) in [4.78, 5) is 27.3. The standard InChI is InChI=1S/C16H22N6O3/c1-12-13(7-17-19(12)2)9-20-3-5-21(6-4-20)16(25)14-8-18-22(10-14)11-15(23)24/h7-8,10H,3-6,9,11H2,1-2H3,(H,23,24). The van der Waals surface area contributed by atoms with Crippen LogP contribution >= 0.6 is 0 Å². The van der Waals surface area contributed by atoms with Crippen LogP contribution in [0.3, 0.4) is 0 Å². The molecule has 1 fully saturated rings. The Balaban J connectivity index is 1.54. The molecule has 2 aromatic rings. The van der Waals surface area contributed by atoms with Crippen LogP contribution < -0.4 is 0 Å². The first-order chi connectivity index (χ1) is 11.9. The maximum absolute atomic E-state index is 12.5. The fourth-order valence-electron chi connectivity index (χ4n) is 2.93. The van der Waals surface area contributed by atoms with Crippen molar-refractivity contribution in [3.05, 3.63) is 35.4 Å². The molecule has 0 aromatic carbocycles. The fourth-order valence-corrected chi connectivity index (χ4v) is 2.93. The predicted octanol–water partition coefficient (Wildman–Crippen LogP) is -0.0324. The van der Waals surface area contributed by atoms with E-state index in [2.05, 4.69) is 22.0 Å². The van der Waals surface area contributed by atoms with Crippen LogP contribution in [0.4, 0.5) is 0 Å². The van der Waals surface area contributed by atoms with Crippen molar-refractivity contribution in [2.75, 3.05) is 26.2 Å². The Hall–Kier alpha value is -2.68. The van der Waals surface area contributed by atoms with Crippen LogP contribution in [0.1, 0.15) is 21.6 Å². The Morgan fingerprint density at radius 3 is 2.48 bits per heavy atom. The maximum atomic E-state index is 12.5. The number of piperazine rings is 1. The van der Waals surface area contributed by atoms with Gasteiger partial charge in [-0.15, -0.1) is 0 Å². The molecule has 0 saturated carbocycles. The minimum absolute atomic E-state index is 0.103. The molecular weight excluding hydrogens is 324 g/mol. The molecule has 3 rings (SSSR count). The lowest BCUT2D eigenvalue weighted by Gasteiger charge is -2.34. The van der Waals surface area contributed by atoms with Crippen molar-refractivity contribution in [3.63, 3.8) is 0 Å². The Morgan fingerprint density at radius 1 is 1.16 bits per heavy atom. The molecule has 0 aliphatic carbocycles. The van der Waals surface area contributed by atoms with Crippen molar-refractivity contribution >= 4 is 11.9 Å². The van der Waals surface area contributed by atoms with E-state index in [4.69, 9.17) is 5.11 Å². The number of aryl methyl sites for hydroxylation is 1. The first-order valence-electron chi connectivity index (χ1n) is 8.17. The minimum atomic E-state index is -0.985. The van der Waals surface area contributed by atoms with Crippen molar-refractivity contribution in [1.82, 2.24) is 29.4 Å². The monoisotopic (exact) mass is 346 g/mol. The molecule has 1 aliphatic heterocycles. The number of hydrogen-bond donors (Lipinski definition) is 1. The number of hydrogen-bond acceptors (Lipinski definition) is 5. The molecule has 2 aromatic heterocycles. The Bertz CT molecular complexity index is 773. The van der Waals surface area contributed by atoms with E-state index in [-0.39, 0.29) is 12.5 Å². The third-order valence-electron chi connectivity index (χ3n) is 4.57. The highest BCUT2D eigenvalue weighted by Crippen LogP contribution is 2.13. The SMILES string of the molecule is Cc1c(CN2CCN(C(=O)c3cnn(CC(=O)O)c3)CC2)cnn1C. The second-order valence-electron chi connectivity index (χ2n) is 6.27. The lowest BCUT2D eigenvalue weighted by molar-refractivity contribution is -0.137. The first-order valence-corrected chi connectivity index (χ1v) is 8.17. The van der Waals surface area contributed by atoms with E-state index < -0.39 is 5.97 Å². The Kier molecular flexibility index (Phi) is 4.84. The summed E-state index contributed by atoms with van der Waals surface area (Å²) in [6, 6.07) is 0. The van der Waals surface area contributed by atoms with Gasteiger partial charge in [-0.1, -0.05) is 0 Å². The van der Waals surface area contributed by atoms with Gasteiger partial charge in [-0.25, -0.2) is 0 Å². The minimum Gasteiger partial charge on any atom is -0.480 e. The summed E-state index contributed by atoms with van der Waals surface area (Å²) < 4.78 is 3.13. The van der Waals surface area contributed by atoms with E-state index in [1.54, 1.807) is 4.90 Å². The van der Waals surface area contributed by atoms with E-state index in [1.807, 2.05) is 17.9 Å². The first kappa shape index (κ1) is 17.2. The number of nitrogens with zero attached hydrogens (tertiary/aromatic N) is 6. The smallest absolute Gasteiger partial charge is 0.325 e. The molecular formula is C16H22N6O3. The number of carboxylic acid groups (broad SMARTS) is 1.